The Morgan fingerprint density at radius 3 is 2.59 bits per heavy atom. The topological polar surface area (TPSA) is 78.7 Å². The highest BCUT2D eigenvalue weighted by Crippen LogP contribution is 2.44. The second kappa shape index (κ2) is 5.29. The molecule has 6 nitrogen and oxygen atoms in total. The molecule has 0 aliphatic rings. The monoisotopic (exact) mass is 259 g/mol. The third-order valence-corrected chi connectivity index (χ3v) is 4.18. The van der Waals surface area contributed by atoms with Gasteiger partial charge in [0.2, 0.25) is 7.37 Å². The Morgan fingerprint density at radius 1 is 1.47 bits per heavy atom. The van der Waals surface area contributed by atoms with Crippen LogP contribution in [0.5, 0.6) is 5.75 Å². The first-order valence-corrected chi connectivity index (χ1v) is 7.04. The standard InChI is InChI=1S/C10H14NO5P/c1-4-16-17(3,14)10-7-8(15-2)5-6-9(10)11(12)13/h5-7H,4H2,1-3H3. The number of nitro groups is 1. The molecule has 0 radical (unpaired) electrons. The summed E-state index contributed by atoms with van der Waals surface area (Å²) in [6.07, 6.45) is 0. The second-order valence-electron chi connectivity index (χ2n) is 3.38. The molecule has 0 heterocycles. The maximum Gasteiger partial charge on any atom is 0.282 e. The highest BCUT2D eigenvalue weighted by molar-refractivity contribution is 7.66. The van der Waals surface area contributed by atoms with Gasteiger partial charge in [-0.15, -0.1) is 0 Å². The first-order chi connectivity index (χ1) is 7.92. The van der Waals surface area contributed by atoms with Gasteiger partial charge in [-0.25, -0.2) is 0 Å². The Balaban J connectivity index is 3.36. The first kappa shape index (κ1) is 13.7. The van der Waals surface area contributed by atoms with E-state index in [1.165, 1.54) is 32.0 Å². The lowest BCUT2D eigenvalue weighted by molar-refractivity contribution is -0.383. The van der Waals surface area contributed by atoms with Crippen LogP contribution >= 0.6 is 7.37 Å². The van der Waals surface area contributed by atoms with Crippen LogP contribution in [0.2, 0.25) is 0 Å². The van der Waals surface area contributed by atoms with Crippen LogP contribution in [0.15, 0.2) is 18.2 Å². The summed E-state index contributed by atoms with van der Waals surface area (Å²) < 4.78 is 22.3. The molecule has 1 aromatic carbocycles. The van der Waals surface area contributed by atoms with Gasteiger partial charge in [-0.2, -0.15) is 0 Å². The number of rotatable bonds is 5. The number of nitro benzene ring substituents is 1. The minimum atomic E-state index is -3.20. The second-order valence-corrected chi connectivity index (χ2v) is 5.81. The van der Waals surface area contributed by atoms with Gasteiger partial charge in [0.15, 0.2) is 0 Å². The summed E-state index contributed by atoms with van der Waals surface area (Å²) in [6.45, 7) is 3.27. The van der Waals surface area contributed by atoms with E-state index in [4.69, 9.17) is 9.26 Å². The van der Waals surface area contributed by atoms with Gasteiger partial charge in [-0.3, -0.25) is 14.7 Å². The molecule has 1 atom stereocenters. The molecule has 0 saturated carbocycles. The largest absolute Gasteiger partial charge is 0.497 e. The molecule has 17 heavy (non-hydrogen) atoms. The Hall–Kier alpha value is -1.39. The summed E-state index contributed by atoms with van der Waals surface area (Å²) in [4.78, 5) is 10.3. The molecular weight excluding hydrogens is 245 g/mol. The van der Waals surface area contributed by atoms with Gasteiger partial charge in [0.05, 0.1) is 18.6 Å². The molecule has 1 unspecified atom stereocenters. The van der Waals surface area contributed by atoms with E-state index >= 15 is 0 Å². The van der Waals surface area contributed by atoms with E-state index in [9.17, 15) is 14.7 Å². The van der Waals surface area contributed by atoms with Crippen molar-refractivity contribution in [3.63, 3.8) is 0 Å². The number of nitrogens with zero attached hydrogens (tertiary/aromatic N) is 1. The van der Waals surface area contributed by atoms with E-state index in [0.717, 1.165) is 0 Å². The van der Waals surface area contributed by atoms with E-state index in [0.29, 0.717) is 5.75 Å². The zero-order chi connectivity index (χ0) is 13.1. The van der Waals surface area contributed by atoms with Gasteiger partial charge in [0.1, 0.15) is 11.1 Å². The summed E-state index contributed by atoms with van der Waals surface area (Å²) in [6, 6.07) is 4.10. The third-order valence-electron chi connectivity index (χ3n) is 2.19. The van der Waals surface area contributed by atoms with Gasteiger partial charge < -0.3 is 9.26 Å². The lowest BCUT2D eigenvalue weighted by Gasteiger charge is -2.13. The summed E-state index contributed by atoms with van der Waals surface area (Å²) in [7, 11) is -1.76. The normalized spacial score (nSPS) is 14.1. The Labute approximate surface area is 99.1 Å². The van der Waals surface area contributed by atoms with Crippen molar-refractivity contribution < 1.29 is 18.7 Å². The highest BCUT2D eigenvalue weighted by atomic mass is 31.2. The van der Waals surface area contributed by atoms with Crippen molar-refractivity contribution >= 4 is 18.4 Å². The number of hydrogen-bond acceptors (Lipinski definition) is 5. The molecule has 0 spiro atoms. The van der Waals surface area contributed by atoms with Crippen LogP contribution in [0.3, 0.4) is 0 Å². The fourth-order valence-electron chi connectivity index (χ4n) is 1.43. The Morgan fingerprint density at radius 2 is 2.12 bits per heavy atom. The van der Waals surface area contributed by atoms with Crippen LogP contribution in [-0.2, 0) is 9.09 Å². The van der Waals surface area contributed by atoms with Crippen molar-refractivity contribution in [2.45, 2.75) is 6.92 Å². The minimum absolute atomic E-state index is 0.0729. The number of hydrogen-bond donors (Lipinski definition) is 0. The first-order valence-electron chi connectivity index (χ1n) is 4.97. The summed E-state index contributed by atoms with van der Waals surface area (Å²) >= 11 is 0. The van der Waals surface area contributed by atoms with Crippen molar-refractivity contribution in [1.82, 2.24) is 0 Å². The van der Waals surface area contributed by atoms with Crippen LogP contribution in [0, 0.1) is 10.1 Å². The molecule has 0 aliphatic heterocycles. The lowest BCUT2D eigenvalue weighted by atomic mass is 10.3. The smallest absolute Gasteiger partial charge is 0.282 e. The lowest BCUT2D eigenvalue weighted by Crippen LogP contribution is -2.12. The van der Waals surface area contributed by atoms with Gasteiger partial charge >= 0.3 is 0 Å². The van der Waals surface area contributed by atoms with Crippen molar-refractivity contribution in [2.24, 2.45) is 0 Å². The van der Waals surface area contributed by atoms with Gasteiger partial charge in [-0.05, 0) is 13.0 Å². The maximum atomic E-state index is 12.2. The van der Waals surface area contributed by atoms with Crippen molar-refractivity contribution in [1.29, 1.82) is 0 Å². The summed E-state index contributed by atoms with van der Waals surface area (Å²) in [5.74, 6) is 0.410. The average Bonchev–Trinajstić information content (AvgIpc) is 2.28. The maximum absolute atomic E-state index is 12.2. The number of ether oxygens (including phenoxy) is 1. The van der Waals surface area contributed by atoms with Crippen LogP contribution in [0.4, 0.5) is 5.69 Å². The average molecular weight is 259 g/mol. The van der Waals surface area contributed by atoms with Gasteiger partial charge in [0, 0.05) is 18.8 Å². The van der Waals surface area contributed by atoms with Crippen LogP contribution in [0.25, 0.3) is 0 Å². The molecule has 94 valence electrons. The van der Waals surface area contributed by atoms with Crippen molar-refractivity contribution in [3.05, 3.63) is 28.3 Å². The predicted molar refractivity (Wildman–Crippen MR) is 64.4 cm³/mol. The molecule has 0 aromatic heterocycles. The third kappa shape index (κ3) is 3.05. The van der Waals surface area contributed by atoms with Gasteiger partial charge in [0.25, 0.3) is 5.69 Å². The van der Waals surface area contributed by atoms with Crippen LogP contribution in [-0.4, -0.2) is 25.3 Å². The van der Waals surface area contributed by atoms with E-state index in [2.05, 4.69) is 0 Å². The fourth-order valence-corrected chi connectivity index (χ4v) is 2.99. The quantitative estimate of drug-likeness (QED) is 0.460. The number of methoxy groups -OCH3 is 1. The Bertz CT molecular complexity index is 474. The van der Waals surface area contributed by atoms with Gasteiger partial charge in [-0.1, -0.05) is 0 Å². The van der Waals surface area contributed by atoms with Crippen molar-refractivity contribution in [2.75, 3.05) is 20.4 Å². The van der Waals surface area contributed by atoms with Crippen LogP contribution in [0.1, 0.15) is 6.92 Å². The predicted octanol–water partition coefficient (Wildman–Crippen LogP) is 2.17. The van der Waals surface area contributed by atoms with E-state index < -0.39 is 12.3 Å². The van der Waals surface area contributed by atoms with E-state index in [1.54, 1.807) is 6.92 Å². The molecule has 0 saturated heterocycles. The van der Waals surface area contributed by atoms with E-state index in [1.807, 2.05) is 0 Å². The van der Waals surface area contributed by atoms with Crippen LogP contribution < -0.4 is 10.0 Å². The highest BCUT2D eigenvalue weighted by Gasteiger charge is 2.29. The SMILES string of the molecule is CCOP(C)(=O)c1cc(OC)ccc1[N+](=O)[O-]. The molecule has 7 heteroatoms. The molecule has 0 bridgehead atoms. The Kier molecular flexibility index (Phi) is 4.26. The molecule has 0 fully saturated rings. The molecule has 0 amide bonds. The molecule has 0 N–H and O–H groups in total. The fraction of sp³-hybridized carbons (Fsp3) is 0.400. The summed E-state index contributed by atoms with van der Waals surface area (Å²) in [5, 5.41) is 10.9. The zero-order valence-electron chi connectivity index (χ0n) is 9.87. The molecule has 1 aromatic rings. The zero-order valence-corrected chi connectivity index (χ0v) is 10.8. The van der Waals surface area contributed by atoms with E-state index in [-0.39, 0.29) is 17.6 Å². The summed E-state index contributed by atoms with van der Waals surface area (Å²) in [5.41, 5.74) is -0.218. The molecule has 1 rings (SSSR count). The molecular formula is C10H14NO5P. The minimum Gasteiger partial charge on any atom is -0.497 e. The molecule has 0 aliphatic carbocycles. The number of benzene rings is 1. The van der Waals surface area contributed by atoms with Crippen molar-refractivity contribution in [3.8, 4) is 5.75 Å².